The SMILES string of the molecule is CNc1cc(C(=O)OC)c(N)c2c1C(=O)c1ccccc1C2=O. The quantitative estimate of drug-likeness (QED) is 0.554. The average molecular weight is 310 g/mol. The fraction of sp³-hybridized carbons (Fsp3) is 0.118. The van der Waals surface area contributed by atoms with Gasteiger partial charge in [0.25, 0.3) is 0 Å². The second kappa shape index (κ2) is 5.24. The molecule has 0 saturated heterocycles. The van der Waals surface area contributed by atoms with Crippen LogP contribution in [0.15, 0.2) is 30.3 Å². The summed E-state index contributed by atoms with van der Waals surface area (Å²) >= 11 is 0. The summed E-state index contributed by atoms with van der Waals surface area (Å²) < 4.78 is 4.70. The number of esters is 1. The van der Waals surface area contributed by atoms with Crippen LogP contribution in [0.1, 0.15) is 42.2 Å². The van der Waals surface area contributed by atoms with Crippen LogP contribution >= 0.6 is 0 Å². The number of fused-ring (bicyclic) bond motifs is 2. The summed E-state index contributed by atoms with van der Waals surface area (Å²) in [5.74, 6) is -1.35. The van der Waals surface area contributed by atoms with E-state index < -0.39 is 5.97 Å². The summed E-state index contributed by atoms with van der Waals surface area (Å²) in [6.45, 7) is 0. The molecule has 6 nitrogen and oxygen atoms in total. The number of benzene rings is 2. The Bertz CT molecular complexity index is 871. The second-order valence-electron chi connectivity index (χ2n) is 5.08. The largest absolute Gasteiger partial charge is 0.465 e. The number of nitrogens with one attached hydrogen (secondary N) is 1. The highest BCUT2D eigenvalue weighted by atomic mass is 16.5. The van der Waals surface area contributed by atoms with Crippen LogP contribution in [0.4, 0.5) is 11.4 Å². The summed E-state index contributed by atoms with van der Waals surface area (Å²) in [6.07, 6.45) is 0. The van der Waals surface area contributed by atoms with Gasteiger partial charge in [-0.2, -0.15) is 0 Å². The van der Waals surface area contributed by atoms with Crippen molar-refractivity contribution in [1.29, 1.82) is 0 Å². The van der Waals surface area contributed by atoms with Crippen LogP contribution in [0.3, 0.4) is 0 Å². The number of nitrogen functional groups attached to an aromatic ring is 1. The van der Waals surface area contributed by atoms with Crippen molar-refractivity contribution in [1.82, 2.24) is 0 Å². The molecule has 0 amide bonds. The molecule has 0 fully saturated rings. The maximum atomic E-state index is 12.8. The van der Waals surface area contributed by atoms with Gasteiger partial charge in [0.05, 0.1) is 29.5 Å². The molecule has 2 aromatic rings. The van der Waals surface area contributed by atoms with Gasteiger partial charge in [0.1, 0.15) is 0 Å². The van der Waals surface area contributed by atoms with E-state index in [2.05, 4.69) is 5.32 Å². The summed E-state index contributed by atoms with van der Waals surface area (Å²) in [6, 6.07) is 7.97. The number of nitrogens with two attached hydrogens (primary N) is 1. The molecule has 0 radical (unpaired) electrons. The molecule has 0 heterocycles. The molecule has 2 aromatic carbocycles. The van der Waals surface area contributed by atoms with Crippen LogP contribution < -0.4 is 11.1 Å². The molecule has 0 saturated carbocycles. The van der Waals surface area contributed by atoms with Crippen LogP contribution in [0, 0.1) is 0 Å². The van der Waals surface area contributed by atoms with Gasteiger partial charge < -0.3 is 15.8 Å². The van der Waals surface area contributed by atoms with E-state index in [1.807, 2.05) is 0 Å². The minimum Gasteiger partial charge on any atom is -0.465 e. The molecule has 116 valence electrons. The van der Waals surface area contributed by atoms with E-state index in [0.29, 0.717) is 11.3 Å². The molecule has 0 atom stereocenters. The topological polar surface area (TPSA) is 98.5 Å². The van der Waals surface area contributed by atoms with E-state index in [1.54, 1.807) is 31.3 Å². The third-order valence-electron chi connectivity index (χ3n) is 3.91. The van der Waals surface area contributed by atoms with Crippen molar-refractivity contribution in [3.63, 3.8) is 0 Å². The highest BCUT2D eigenvalue weighted by Gasteiger charge is 2.35. The Balaban J connectivity index is 2.38. The summed E-state index contributed by atoms with van der Waals surface area (Å²) in [4.78, 5) is 37.5. The zero-order valence-corrected chi connectivity index (χ0v) is 12.6. The Morgan fingerprint density at radius 3 is 2.17 bits per heavy atom. The third kappa shape index (κ3) is 1.99. The molecule has 6 heteroatoms. The molecule has 0 aliphatic heterocycles. The molecule has 3 N–H and O–H groups in total. The summed E-state index contributed by atoms with van der Waals surface area (Å²) in [5, 5.41) is 2.85. The third-order valence-corrected chi connectivity index (χ3v) is 3.91. The Morgan fingerprint density at radius 2 is 1.65 bits per heavy atom. The molecule has 0 unspecified atom stereocenters. The molecule has 3 rings (SSSR count). The number of methoxy groups -OCH3 is 1. The monoisotopic (exact) mass is 310 g/mol. The first-order valence-corrected chi connectivity index (χ1v) is 6.92. The van der Waals surface area contributed by atoms with Crippen LogP contribution in [0.5, 0.6) is 0 Å². The van der Waals surface area contributed by atoms with Gasteiger partial charge in [-0.25, -0.2) is 4.79 Å². The van der Waals surface area contributed by atoms with Crippen molar-refractivity contribution < 1.29 is 19.1 Å². The van der Waals surface area contributed by atoms with Crippen LogP contribution in [-0.2, 0) is 4.74 Å². The Kier molecular flexibility index (Phi) is 3.37. The van der Waals surface area contributed by atoms with Gasteiger partial charge in [0.15, 0.2) is 11.6 Å². The molecule has 1 aliphatic rings. The van der Waals surface area contributed by atoms with Gasteiger partial charge in [0, 0.05) is 23.9 Å². The van der Waals surface area contributed by atoms with Crippen molar-refractivity contribution in [2.45, 2.75) is 0 Å². The standard InChI is InChI=1S/C17H14N2O4/c1-19-11-7-10(17(22)23-2)14(18)13-12(11)15(20)8-5-3-4-6-9(8)16(13)21/h3-7,19H,18H2,1-2H3. The van der Waals surface area contributed by atoms with Crippen LogP contribution in [0.2, 0.25) is 0 Å². The van der Waals surface area contributed by atoms with Gasteiger partial charge in [-0.1, -0.05) is 24.3 Å². The van der Waals surface area contributed by atoms with E-state index in [-0.39, 0.29) is 39.5 Å². The first-order chi connectivity index (χ1) is 11.0. The zero-order valence-electron chi connectivity index (χ0n) is 12.6. The lowest BCUT2D eigenvalue weighted by Gasteiger charge is -2.23. The van der Waals surface area contributed by atoms with Crippen molar-refractivity contribution in [2.75, 3.05) is 25.2 Å². The number of carbonyl (C=O) groups is 3. The van der Waals surface area contributed by atoms with Gasteiger partial charge in [-0.05, 0) is 6.07 Å². The van der Waals surface area contributed by atoms with Crippen molar-refractivity contribution >= 4 is 28.9 Å². The van der Waals surface area contributed by atoms with Gasteiger partial charge in [0.2, 0.25) is 0 Å². The maximum absolute atomic E-state index is 12.8. The zero-order chi connectivity index (χ0) is 16.7. The predicted molar refractivity (Wildman–Crippen MR) is 85.0 cm³/mol. The van der Waals surface area contributed by atoms with E-state index in [1.165, 1.54) is 13.2 Å². The molecule has 0 aromatic heterocycles. The Hall–Kier alpha value is -3.15. The molecule has 1 aliphatic carbocycles. The van der Waals surface area contributed by atoms with Crippen molar-refractivity contribution in [3.8, 4) is 0 Å². The molecular formula is C17H14N2O4. The number of ether oxygens (including phenoxy) is 1. The normalized spacial score (nSPS) is 12.4. The minimum absolute atomic E-state index is 0.0425. The first-order valence-electron chi connectivity index (χ1n) is 6.92. The van der Waals surface area contributed by atoms with Gasteiger partial charge >= 0.3 is 5.97 Å². The number of carbonyl (C=O) groups excluding carboxylic acids is 3. The smallest absolute Gasteiger partial charge is 0.340 e. The lowest BCUT2D eigenvalue weighted by Crippen LogP contribution is -2.25. The minimum atomic E-state index is -0.666. The lowest BCUT2D eigenvalue weighted by molar-refractivity contribution is 0.0601. The van der Waals surface area contributed by atoms with Gasteiger partial charge in [-0.3, -0.25) is 9.59 Å². The Morgan fingerprint density at radius 1 is 1.09 bits per heavy atom. The summed E-state index contributed by atoms with van der Waals surface area (Å²) in [7, 11) is 2.83. The highest BCUT2D eigenvalue weighted by molar-refractivity contribution is 6.32. The van der Waals surface area contributed by atoms with Crippen LogP contribution in [-0.4, -0.2) is 31.7 Å². The van der Waals surface area contributed by atoms with E-state index in [4.69, 9.17) is 10.5 Å². The fourth-order valence-corrected chi connectivity index (χ4v) is 2.79. The number of rotatable bonds is 2. The predicted octanol–water partition coefficient (Wildman–Crippen LogP) is 1.87. The average Bonchev–Trinajstić information content (AvgIpc) is 2.58. The van der Waals surface area contributed by atoms with E-state index >= 15 is 0 Å². The second-order valence-corrected chi connectivity index (χ2v) is 5.08. The molecule has 0 bridgehead atoms. The maximum Gasteiger partial charge on any atom is 0.340 e. The first kappa shape index (κ1) is 14.8. The van der Waals surface area contributed by atoms with Crippen LogP contribution in [0.25, 0.3) is 0 Å². The number of anilines is 2. The van der Waals surface area contributed by atoms with E-state index in [9.17, 15) is 14.4 Å². The van der Waals surface area contributed by atoms with Crippen molar-refractivity contribution in [3.05, 3.63) is 58.1 Å². The fourth-order valence-electron chi connectivity index (χ4n) is 2.79. The lowest BCUT2D eigenvalue weighted by atomic mass is 9.81. The van der Waals surface area contributed by atoms with Crippen molar-refractivity contribution in [2.24, 2.45) is 0 Å². The molecule has 0 spiro atoms. The summed E-state index contributed by atoms with van der Waals surface area (Å²) in [5.41, 5.74) is 7.21. The van der Waals surface area contributed by atoms with E-state index in [0.717, 1.165) is 0 Å². The Labute approximate surface area is 132 Å². The molecule has 23 heavy (non-hydrogen) atoms. The van der Waals surface area contributed by atoms with Gasteiger partial charge in [-0.15, -0.1) is 0 Å². The number of ketones is 2. The molecular weight excluding hydrogens is 296 g/mol. The number of hydrogen-bond acceptors (Lipinski definition) is 6. The number of hydrogen-bond donors (Lipinski definition) is 2. The highest BCUT2D eigenvalue weighted by Crippen LogP contribution is 2.37.